The monoisotopic (exact) mass is 378 g/mol. The van der Waals surface area contributed by atoms with E-state index in [0.29, 0.717) is 11.3 Å². The number of benzene rings is 2. The first kappa shape index (κ1) is 17.9. The summed E-state index contributed by atoms with van der Waals surface area (Å²) in [5.74, 6) is -2.29. The first-order valence-electron chi connectivity index (χ1n) is 9.11. The van der Waals surface area contributed by atoms with Gasteiger partial charge in [0.2, 0.25) is 0 Å². The molecule has 2 heterocycles. The predicted molar refractivity (Wildman–Crippen MR) is 102 cm³/mol. The zero-order valence-electron chi connectivity index (χ0n) is 15.1. The van der Waals surface area contributed by atoms with Crippen LogP contribution in [0.25, 0.3) is 0 Å². The number of hydrogen-bond donors (Lipinski definition) is 1. The summed E-state index contributed by atoms with van der Waals surface area (Å²) in [6.45, 7) is 1.73. The Morgan fingerprint density at radius 2 is 1.64 bits per heavy atom. The highest BCUT2D eigenvalue weighted by molar-refractivity contribution is 6.34. The standard InChI is InChI=1S/C21H18N2O5/c24-12-14-10-15(5-7-18(14)22-8-2-1-3-9-22)23-19(25)16-6-4-13(21(27)28)11-17(16)20(23)26/h4-7,10-12H,1-3,8-9H2,(H,27,28). The number of aromatic carboxylic acids is 1. The van der Waals surface area contributed by atoms with Crippen molar-refractivity contribution in [2.45, 2.75) is 19.3 Å². The van der Waals surface area contributed by atoms with Crippen molar-refractivity contribution >= 4 is 35.4 Å². The van der Waals surface area contributed by atoms with Crippen molar-refractivity contribution in [2.24, 2.45) is 0 Å². The van der Waals surface area contributed by atoms with E-state index < -0.39 is 17.8 Å². The Bertz CT molecular complexity index is 1010. The van der Waals surface area contributed by atoms with E-state index >= 15 is 0 Å². The molecule has 2 aliphatic rings. The number of amides is 2. The van der Waals surface area contributed by atoms with Gasteiger partial charge in [-0.3, -0.25) is 14.4 Å². The number of carbonyl (C=O) groups excluding carboxylic acids is 3. The number of anilines is 2. The van der Waals surface area contributed by atoms with E-state index in [1.54, 1.807) is 12.1 Å². The second-order valence-electron chi connectivity index (χ2n) is 6.92. The largest absolute Gasteiger partial charge is 0.478 e. The Balaban J connectivity index is 1.71. The molecule has 142 valence electrons. The van der Waals surface area contributed by atoms with Crippen molar-refractivity contribution in [1.82, 2.24) is 0 Å². The van der Waals surface area contributed by atoms with Crippen LogP contribution in [-0.2, 0) is 0 Å². The molecule has 1 N–H and O–H groups in total. The molecule has 0 aliphatic carbocycles. The third kappa shape index (κ3) is 2.85. The van der Waals surface area contributed by atoms with E-state index in [1.165, 1.54) is 30.7 Å². The Labute approximate surface area is 161 Å². The average Bonchev–Trinajstić information content (AvgIpc) is 2.98. The number of carbonyl (C=O) groups is 4. The van der Waals surface area contributed by atoms with Gasteiger partial charge in [-0.05, 0) is 55.7 Å². The Kier molecular flexibility index (Phi) is 4.43. The van der Waals surface area contributed by atoms with Crippen LogP contribution in [0.1, 0.15) is 60.7 Å². The van der Waals surface area contributed by atoms with Crippen LogP contribution >= 0.6 is 0 Å². The topological polar surface area (TPSA) is 95.0 Å². The molecule has 28 heavy (non-hydrogen) atoms. The van der Waals surface area contributed by atoms with Gasteiger partial charge in [0.25, 0.3) is 11.8 Å². The second kappa shape index (κ2) is 6.92. The summed E-state index contributed by atoms with van der Waals surface area (Å²) in [5.41, 5.74) is 1.66. The lowest BCUT2D eigenvalue weighted by molar-refractivity contribution is 0.0696. The summed E-state index contributed by atoms with van der Waals surface area (Å²) < 4.78 is 0. The van der Waals surface area contributed by atoms with Gasteiger partial charge in [0.1, 0.15) is 0 Å². The fourth-order valence-electron chi connectivity index (χ4n) is 3.81. The quantitative estimate of drug-likeness (QED) is 0.649. The highest BCUT2D eigenvalue weighted by atomic mass is 16.4. The van der Waals surface area contributed by atoms with E-state index in [-0.39, 0.29) is 16.7 Å². The smallest absolute Gasteiger partial charge is 0.335 e. The van der Waals surface area contributed by atoms with Gasteiger partial charge < -0.3 is 10.0 Å². The SMILES string of the molecule is O=Cc1cc(N2C(=O)c3ccc(C(=O)O)cc3C2=O)ccc1N1CCCCC1. The molecule has 0 bridgehead atoms. The van der Waals surface area contributed by atoms with E-state index in [4.69, 9.17) is 5.11 Å². The first-order valence-corrected chi connectivity index (χ1v) is 9.11. The zero-order chi connectivity index (χ0) is 19.8. The molecule has 2 aromatic carbocycles. The van der Waals surface area contributed by atoms with Crippen molar-refractivity contribution in [2.75, 3.05) is 22.9 Å². The Morgan fingerprint density at radius 1 is 0.929 bits per heavy atom. The van der Waals surface area contributed by atoms with Gasteiger partial charge in [0.15, 0.2) is 6.29 Å². The fourth-order valence-corrected chi connectivity index (χ4v) is 3.81. The molecule has 7 heteroatoms. The summed E-state index contributed by atoms with van der Waals surface area (Å²) in [6.07, 6.45) is 4.02. The maximum Gasteiger partial charge on any atom is 0.335 e. The summed E-state index contributed by atoms with van der Waals surface area (Å²) >= 11 is 0. The molecule has 1 fully saturated rings. The lowest BCUT2D eigenvalue weighted by Gasteiger charge is -2.30. The van der Waals surface area contributed by atoms with Crippen LogP contribution in [-0.4, -0.2) is 42.3 Å². The number of nitrogens with zero attached hydrogens (tertiary/aromatic N) is 2. The minimum atomic E-state index is -1.17. The molecular formula is C21H18N2O5. The number of carboxylic acid groups (broad SMARTS) is 1. The summed E-state index contributed by atoms with van der Waals surface area (Å²) in [4.78, 5) is 51.5. The van der Waals surface area contributed by atoms with Crippen molar-refractivity contribution in [1.29, 1.82) is 0 Å². The molecule has 2 amide bonds. The van der Waals surface area contributed by atoms with Crippen molar-refractivity contribution < 1.29 is 24.3 Å². The number of aldehydes is 1. The van der Waals surface area contributed by atoms with Gasteiger partial charge >= 0.3 is 5.97 Å². The minimum absolute atomic E-state index is 0.0534. The molecular weight excluding hydrogens is 360 g/mol. The number of piperidine rings is 1. The third-order valence-corrected chi connectivity index (χ3v) is 5.23. The van der Waals surface area contributed by atoms with Gasteiger partial charge in [-0.1, -0.05) is 0 Å². The van der Waals surface area contributed by atoms with Crippen LogP contribution in [0.4, 0.5) is 11.4 Å². The molecule has 0 aromatic heterocycles. The number of hydrogen-bond acceptors (Lipinski definition) is 5. The number of rotatable bonds is 4. The van der Waals surface area contributed by atoms with Gasteiger partial charge in [0, 0.05) is 24.3 Å². The number of fused-ring (bicyclic) bond motifs is 1. The minimum Gasteiger partial charge on any atom is -0.478 e. The molecule has 2 aliphatic heterocycles. The lowest BCUT2D eigenvalue weighted by atomic mass is 10.1. The van der Waals surface area contributed by atoms with E-state index in [9.17, 15) is 19.2 Å². The molecule has 0 unspecified atom stereocenters. The van der Waals surface area contributed by atoms with Crippen molar-refractivity contribution in [3.8, 4) is 0 Å². The highest BCUT2D eigenvalue weighted by Gasteiger charge is 2.37. The Morgan fingerprint density at radius 3 is 2.32 bits per heavy atom. The summed E-state index contributed by atoms with van der Waals surface area (Å²) in [6, 6.07) is 8.80. The molecule has 1 saturated heterocycles. The van der Waals surface area contributed by atoms with E-state index in [1.807, 2.05) is 0 Å². The summed E-state index contributed by atoms with van der Waals surface area (Å²) in [5, 5.41) is 9.12. The summed E-state index contributed by atoms with van der Waals surface area (Å²) in [7, 11) is 0. The van der Waals surface area contributed by atoms with Crippen molar-refractivity contribution in [3.05, 3.63) is 58.7 Å². The number of carboxylic acids is 1. The highest BCUT2D eigenvalue weighted by Crippen LogP contribution is 2.32. The van der Waals surface area contributed by atoms with Gasteiger partial charge in [-0.25, -0.2) is 9.69 Å². The van der Waals surface area contributed by atoms with Gasteiger partial charge in [-0.2, -0.15) is 0 Å². The molecule has 0 saturated carbocycles. The van der Waals surface area contributed by atoms with Gasteiger partial charge in [0.05, 0.1) is 22.4 Å². The Hall–Kier alpha value is -3.48. The molecule has 2 aromatic rings. The molecule has 0 radical (unpaired) electrons. The fraction of sp³-hybridized carbons (Fsp3) is 0.238. The van der Waals surface area contributed by atoms with Crippen LogP contribution in [0.15, 0.2) is 36.4 Å². The average molecular weight is 378 g/mol. The molecule has 0 spiro atoms. The molecule has 0 atom stereocenters. The first-order chi connectivity index (χ1) is 13.5. The molecule has 4 rings (SSSR count). The predicted octanol–water partition coefficient (Wildman–Crippen LogP) is 2.99. The second-order valence-corrected chi connectivity index (χ2v) is 6.92. The maximum absolute atomic E-state index is 12.8. The van der Waals surface area contributed by atoms with Gasteiger partial charge in [-0.15, -0.1) is 0 Å². The normalized spacial score (nSPS) is 16.3. The third-order valence-electron chi connectivity index (χ3n) is 5.23. The molecule has 7 nitrogen and oxygen atoms in total. The zero-order valence-corrected chi connectivity index (χ0v) is 15.1. The van der Waals surface area contributed by atoms with Crippen molar-refractivity contribution in [3.63, 3.8) is 0 Å². The van der Waals surface area contributed by atoms with E-state index in [2.05, 4.69) is 4.90 Å². The number of imide groups is 1. The van der Waals surface area contributed by atoms with E-state index in [0.717, 1.165) is 42.8 Å². The van der Waals surface area contributed by atoms with Crippen LogP contribution < -0.4 is 9.80 Å². The van der Waals surface area contributed by atoms with Crippen LogP contribution in [0, 0.1) is 0 Å². The van der Waals surface area contributed by atoms with Crippen LogP contribution in [0.3, 0.4) is 0 Å². The van der Waals surface area contributed by atoms with Crippen LogP contribution in [0.5, 0.6) is 0 Å². The van der Waals surface area contributed by atoms with Crippen LogP contribution in [0.2, 0.25) is 0 Å². The maximum atomic E-state index is 12.8. The lowest BCUT2D eigenvalue weighted by Crippen LogP contribution is -2.31.